The third-order valence-corrected chi connectivity index (χ3v) is 4.65. The molecule has 0 spiro atoms. The Bertz CT molecular complexity index is 483. The van der Waals surface area contributed by atoms with Crippen LogP contribution in [0.15, 0.2) is 12.1 Å². The molecule has 6 nitrogen and oxygen atoms in total. The molecule has 0 aliphatic heterocycles. The summed E-state index contributed by atoms with van der Waals surface area (Å²) in [5.41, 5.74) is 0.0596. The number of nitro groups is 1. The van der Waals surface area contributed by atoms with Gasteiger partial charge < -0.3 is 10.6 Å². The number of hydrogen-bond acceptors (Lipinski definition) is 6. The second kappa shape index (κ2) is 6.78. The van der Waals surface area contributed by atoms with Gasteiger partial charge in [0.05, 0.1) is 17.1 Å². The van der Waals surface area contributed by atoms with Crippen LogP contribution in [0.1, 0.15) is 26.2 Å². The lowest BCUT2D eigenvalue weighted by Crippen LogP contribution is -2.17. The molecule has 1 saturated carbocycles. The summed E-state index contributed by atoms with van der Waals surface area (Å²) in [5.74, 6) is 2.23. The lowest BCUT2D eigenvalue weighted by atomic mass is 10.2. The van der Waals surface area contributed by atoms with E-state index in [0.717, 1.165) is 18.6 Å². The van der Waals surface area contributed by atoms with E-state index in [0.29, 0.717) is 22.9 Å². The standard InChI is InChI=1S/C13H20N4O2S/c1-3-20-11-5-4-9(6-11)15-13-8-10(17(18)19)7-12(14-2)16-13/h7-9,11H,3-6H2,1-2H3,(H2,14,15,16). The maximum Gasteiger partial charge on any atom is 0.276 e. The summed E-state index contributed by atoms with van der Waals surface area (Å²) >= 11 is 1.99. The van der Waals surface area contributed by atoms with E-state index in [1.165, 1.54) is 18.6 Å². The van der Waals surface area contributed by atoms with Crippen molar-refractivity contribution in [3.05, 3.63) is 22.2 Å². The molecule has 2 atom stereocenters. The van der Waals surface area contributed by atoms with Crippen molar-refractivity contribution in [3.8, 4) is 0 Å². The van der Waals surface area contributed by atoms with Gasteiger partial charge in [-0.05, 0) is 25.0 Å². The van der Waals surface area contributed by atoms with E-state index in [1.54, 1.807) is 7.05 Å². The molecule has 1 heterocycles. The number of pyridine rings is 1. The second-order valence-corrected chi connectivity index (χ2v) is 6.41. The first-order valence-electron chi connectivity index (χ1n) is 6.84. The van der Waals surface area contributed by atoms with Crippen LogP contribution in [0.3, 0.4) is 0 Å². The average Bonchev–Trinajstić information content (AvgIpc) is 2.86. The van der Waals surface area contributed by atoms with Gasteiger partial charge in [-0.1, -0.05) is 6.92 Å². The summed E-state index contributed by atoms with van der Waals surface area (Å²) in [4.78, 5) is 14.9. The molecule has 1 aliphatic rings. The first kappa shape index (κ1) is 14.9. The van der Waals surface area contributed by atoms with E-state index >= 15 is 0 Å². The Kier molecular flexibility index (Phi) is 5.05. The molecule has 110 valence electrons. The quantitative estimate of drug-likeness (QED) is 0.620. The first-order valence-corrected chi connectivity index (χ1v) is 7.89. The van der Waals surface area contributed by atoms with Crippen molar-refractivity contribution >= 4 is 29.1 Å². The molecule has 1 aromatic heterocycles. The number of hydrogen-bond donors (Lipinski definition) is 2. The molecule has 2 N–H and O–H groups in total. The molecule has 0 saturated heterocycles. The monoisotopic (exact) mass is 296 g/mol. The predicted molar refractivity (Wildman–Crippen MR) is 83.6 cm³/mol. The Morgan fingerprint density at radius 3 is 2.85 bits per heavy atom. The van der Waals surface area contributed by atoms with Crippen molar-refractivity contribution in [2.45, 2.75) is 37.5 Å². The highest BCUT2D eigenvalue weighted by Gasteiger charge is 2.25. The predicted octanol–water partition coefficient (Wildman–Crippen LogP) is 3.12. The van der Waals surface area contributed by atoms with Gasteiger partial charge in [-0.3, -0.25) is 10.1 Å². The molecule has 2 unspecified atom stereocenters. The van der Waals surface area contributed by atoms with E-state index in [9.17, 15) is 10.1 Å². The fourth-order valence-corrected chi connectivity index (χ4v) is 3.63. The molecule has 7 heteroatoms. The van der Waals surface area contributed by atoms with Gasteiger partial charge in [0.2, 0.25) is 0 Å². The topological polar surface area (TPSA) is 80.1 Å². The Hall–Kier alpha value is -1.50. The zero-order chi connectivity index (χ0) is 14.5. The lowest BCUT2D eigenvalue weighted by Gasteiger charge is -2.14. The van der Waals surface area contributed by atoms with Crippen molar-refractivity contribution < 1.29 is 4.92 Å². The highest BCUT2D eigenvalue weighted by atomic mass is 32.2. The minimum absolute atomic E-state index is 0.0596. The summed E-state index contributed by atoms with van der Waals surface area (Å²) < 4.78 is 0. The van der Waals surface area contributed by atoms with Crippen LogP contribution >= 0.6 is 11.8 Å². The smallest absolute Gasteiger partial charge is 0.276 e. The van der Waals surface area contributed by atoms with Crippen LogP contribution in [0, 0.1) is 10.1 Å². The summed E-state index contributed by atoms with van der Waals surface area (Å²) in [6, 6.07) is 3.30. The Morgan fingerprint density at radius 2 is 2.20 bits per heavy atom. The van der Waals surface area contributed by atoms with E-state index < -0.39 is 4.92 Å². The number of rotatable bonds is 6. The maximum atomic E-state index is 10.9. The summed E-state index contributed by atoms with van der Waals surface area (Å²) in [7, 11) is 1.71. The van der Waals surface area contributed by atoms with Crippen LogP contribution < -0.4 is 10.6 Å². The summed E-state index contributed by atoms with van der Waals surface area (Å²) in [6.07, 6.45) is 3.39. The van der Waals surface area contributed by atoms with E-state index in [1.807, 2.05) is 11.8 Å². The first-order chi connectivity index (χ1) is 9.62. The summed E-state index contributed by atoms with van der Waals surface area (Å²) in [6.45, 7) is 2.17. The van der Waals surface area contributed by atoms with Gasteiger partial charge in [0.25, 0.3) is 5.69 Å². The van der Waals surface area contributed by atoms with Gasteiger partial charge in [0.1, 0.15) is 11.6 Å². The molecule has 0 aromatic carbocycles. The third kappa shape index (κ3) is 3.75. The molecular formula is C13H20N4O2S. The van der Waals surface area contributed by atoms with Gasteiger partial charge in [-0.2, -0.15) is 11.8 Å². The Labute approximate surface area is 122 Å². The number of nitrogens with zero attached hydrogens (tertiary/aromatic N) is 2. The fourth-order valence-electron chi connectivity index (χ4n) is 2.49. The summed E-state index contributed by atoms with van der Waals surface area (Å²) in [5, 5.41) is 17.8. The van der Waals surface area contributed by atoms with Crippen molar-refractivity contribution in [1.82, 2.24) is 4.98 Å². The number of nitrogens with one attached hydrogen (secondary N) is 2. The number of aromatic nitrogens is 1. The van der Waals surface area contributed by atoms with Crippen molar-refractivity contribution in [2.24, 2.45) is 0 Å². The SMILES string of the molecule is CCSC1CCC(Nc2cc([N+](=O)[O-])cc(NC)n2)C1. The highest BCUT2D eigenvalue weighted by Crippen LogP contribution is 2.32. The molecule has 1 fully saturated rings. The van der Waals surface area contributed by atoms with Crippen molar-refractivity contribution in [2.75, 3.05) is 23.4 Å². The van der Waals surface area contributed by atoms with Gasteiger partial charge >= 0.3 is 0 Å². The van der Waals surface area contributed by atoms with Crippen LogP contribution in [-0.4, -0.2) is 34.0 Å². The van der Waals surface area contributed by atoms with Gasteiger partial charge in [0.15, 0.2) is 0 Å². The van der Waals surface area contributed by atoms with Gasteiger partial charge in [-0.15, -0.1) is 0 Å². The van der Waals surface area contributed by atoms with Crippen LogP contribution in [-0.2, 0) is 0 Å². The van der Waals surface area contributed by atoms with Crippen molar-refractivity contribution in [1.29, 1.82) is 0 Å². The third-order valence-electron chi connectivity index (χ3n) is 3.42. The molecule has 2 rings (SSSR count). The molecule has 0 radical (unpaired) electrons. The lowest BCUT2D eigenvalue weighted by molar-refractivity contribution is -0.384. The molecule has 1 aliphatic carbocycles. The molecule has 20 heavy (non-hydrogen) atoms. The molecule has 0 bridgehead atoms. The molecular weight excluding hydrogens is 276 g/mol. The molecule has 0 amide bonds. The largest absolute Gasteiger partial charge is 0.373 e. The Morgan fingerprint density at radius 1 is 1.45 bits per heavy atom. The average molecular weight is 296 g/mol. The van der Waals surface area contributed by atoms with Crippen LogP contribution in [0.25, 0.3) is 0 Å². The van der Waals surface area contributed by atoms with Crippen LogP contribution in [0.4, 0.5) is 17.3 Å². The number of thioether (sulfide) groups is 1. The minimum Gasteiger partial charge on any atom is -0.373 e. The zero-order valence-electron chi connectivity index (χ0n) is 11.8. The highest BCUT2D eigenvalue weighted by molar-refractivity contribution is 7.99. The van der Waals surface area contributed by atoms with Gasteiger partial charge in [-0.25, -0.2) is 4.98 Å². The second-order valence-electron chi connectivity index (χ2n) is 4.83. The maximum absolute atomic E-state index is 10.9. The van der Waals surface area contributed by atoms with E-state index in [-0.39, 0.29) is 5.69 Å². The molecule has 1 aromatic rings. The zero-order valence-corrected chi connectivity index (χ0v) is 12.6. The van der Waals surface area contributed by atoms with Crippen LogP contribution in [0.2, 0.25) is 0 Å². The van der Waals surface area contributed by atoms with Crippen LogP contribution in [0.5, 0.6) is 0 Å². The minimum atomic E-state index is -0.391. The number of anilines is 2. The van der Waals surface area contributed by atoms with E-state index in [2.05, 4.69) is 22.5 Å². The normalized spacial score (nSPS) is 21.7. The Balaban J connectivity index is 2.05. The fraction of sp³-hybridized carbons (Fsp3) is 0.615. The van der Waals surface area contributed by atoms with Crippen molar-refractivity contribution in [3.63, 3.8) is 0 Å². The van der Waals surface area contributed by atoms with E-state index in [4.69, 9.17) is 0 Å². The van der Waals surface area contributed by atoms with Gasteiger partial charge in [0, 0.05) is 18.3 Å².